The lowest BCUT2D eigenvalue weighted by molar-refractivity contribution is 0.0584. The molecule has 2 rings (SSSR count). The van der Waals surface area contributed by atoms with Gasteiger partial charge in [-0.3, -0.25) is 0 Å². The van der Waals surface area contributed by atoms with E-state index < -0.39 is 0 Å². The molecular formula is C14H20N2O3. The average molecular weight is 264 g/mol. The molecule has 1 heterocycles. The van der Waals surface area contributed by atoms with Crippen LogP contribution >= 0.6 is 0 Å². The molecule has 104 valence electrons. The summed E-state index contributed by atoms with van der Waals surface area (Å²) in [5.74, 6) is -0.371. The van der Waals surface area contributed by atoms with Crippen LogP contribution in [0.2, 0.25) is 0 Å². The van der Waals surface area contributed by atoms with Crippen LogP contribution in [0.25, 0.3) is 0 Å². The quantitative estimate of drug-likeness (QED) is 0.650. The molecule has 0 unspecified atom stereocenters. The molecule has 2 N–H and O–H groups in total. The van der Waals surface area contributed by atoms with Crippen LogP contribution in [-0.2, 0) is 9.47 Å². The first-order valence-corrected chi connectivity index (χ1v) is 6.29. The number of morpholine rings is 1. The van der Waals surface area contributed by atoms with Gasteiger partial charge in [-0.1, -0.05) is 6.07 Å². The molecule has 1 aliphatic rings. The van der Waals surface area contributed by atoms with Gasteiger partial charge in [0.2, 0.25) is 0 Å². The number of esters is 1. The number of benzene rings is 1. The average Bonchev–Trinajstić information content (AvgIpc) is 2.38. The number of methoxy groups -OCH3 is 1. The van der Waals surface area contributed by atoms with Gasteiger partial charge < -0.3 is 20.1 Å². The molecule has 1 aromatic rings. The number of rotatable bonds is 2. The molecule has 0 amide bonds. The Labute approximate surface area is 113 Å². The zero-order valence-corrected chi connectivity index (χ0v) is 11.6. The molecule has 0 bridgehead atoms. The van der Waals surface area contributed by atoms with Crippen molar-refractivity contribution in [2.45, 2.75) is 19.4 Å². The third-order valence-electron chi connectivity index (χ3n) is 3.39. The summed E-state index contributed by atoms with van der Waals surface area (Å²) in [6, 6.07) is 5.30. The number of carbonyl (C=O) groups excluding carboxylic acids is 1. The van der Waals surface area contributed by atoms with E-state index in [9.17, 15) is 4.79 Å². The predicted molar refractivity (Wildman–Crippen MR) is 74.4 cm³/mol. The lowest BCUT2D eigenvalue weighted by Gasteiger charge is -2.44. The molecule has 0 spiro atoms. The summed E-state index contributed by atoms with van der Waals surface area (Å²) in [5, 5.41) is 0. The molecule has 1 aromatic carbocycles. The van der Waals surface area contributed by atoms with E-state index in [1.54, 1.807) is 18.2 Å². The zero-order chi connectivity index (χ0) is 14.0. The van der Waals surface area contributed by atoms with Gasteiger partial charge in [0.05, 0.1) is 42.8 Å². The summed E-state index contributed by atoms with van der Waals surface area (Å²) in [6.45, 7) is 6.06. The highest BCUT2D eigenvalue weighted by Gasteiger charge is 2.34. The lowest BCUT2D eigenvalue weighted by atomic mass is 9.99. The van der Waals surface area contributed by atoms with Gasteiger partial charge in [-0.05, 0) is 26.0 Å². The van der Waals surface area contributed by atoms with Crippen molar-refractivity contribution < 1.29 is 14.3 Å². The summed E-state index contributed by atoms with van der Waals surface area (Å²) in [6.07, 6.45) is 0. The van der Waals surface area contributed by atoms with E-state index in [1.165, 1.54) is 7.11 Å². The summed E-state index contributed by atoms with van der Waals surface area (Å²) >= 11 is 0. The molecule has 1 saturated heterocycles. The second kappa shape index (κ2) is 5.09. The monoisotopic (exact) mass is 264 g/mol. The SMILES string of the molecule is COC(=O)c1cccc(N)c1N1CCOCC1(C)C. The fourth-order valence-electron chi connectivity index (χ4n) is 2.41. The predicted octanol–water partition coefficient (Wildman–Crippen LogP) is 1.67. The Balaban J connectivity index is 2.51. The maximum absolute atomic E-state index is 11.9. The molecule has 5 nitrogen and oxygen atoms in total. The van der Waals surface area contributed by atoms with E-state index in [2.05, 4.69) is 18.7 Å². The van der Waals surface area contributed by atoms with Crippen LogP contribution in [0, 0.1) is 0 Å². The second-order valence-corrected chi connectivity index (χ2v) is 5.25. The molecule has 0 saturated carbocycles. The molecule has 0 aliphatic carbocycles. The minimum atomic E-state index is -0.371. The highest BCUT2D eigenvalue weighted by atomic mass is 16.5. The molecular weight excluding hydrogens is 244 g/mol. The Bertz CT molecular complexity index is 486. The number of ether oxygens (including phenoxy) is 2. The van der Waals surface area contributed by atoms with Crippen LogP contribution in [0.1, 0.15) is 24.2 Å². The minimum Gasteiger partial charge on any atom is -0.465 e. The van der Waals surface area contributed by atoms with E-state index in [0.29, 0.717) is 31.0 Å². The Morgan fingerprint density at radius 1 is 1.47 bits per heavy atom. The number of carbonyl (C=O) groups is 1. The highest BCUT2D eigenvalue weighted by Crippen LogP contribution is 2.35. The van der Waals surface area contributed by atoms with Gasteiger partial charge in [0.1, 0.15) is 0 Å². The Kier molecular flexibility index (Phi) is 3.66. The van der Waals surface area contributed by atoms with Crippen molar-refractivity contribution in [3.05, 3.63) is 23.8 Å². The van der Waals surface area contributed by atoms with Gasteiger partial charge in [0.25, 0.3) is 0 Å². The van der Waals surface area contributed by atoms with E-state index >= 15 is 0 Å². The number of nitrogen functional groups attached to an aromatic ring is 1. The lowest BCUT2D eigenvalue weighted by Crippen LogP contribution is -2.53. The largest absolute Gasteiger partial charge is 0.465 e. The number of para-hydroxylation sites is 1. The maximum atomic E-state index is 11.9. The maximum Gasteiger partial charge on any atom is 0.340 e. The fourth-order valence-corrected chi connectivity index (χ4v) is 2.41. The zero-order valence-electron chi connectivity index (χ0n) is 11.6. The molecule has 0 aromatic heterocycles. The van der Waals surface area contributed by atoms with Crippen molar-refractivity contribution in [1.82, 2.24) is 0 Å². The molecule has 0 radical (unpaired) electrons. The van der Waals surface area contributed by atoms with Gasteiger partial charge in [0.15, 0.2) is 0 Å². The van der Waals surface area contributed by atoms with Crippen molar-refractivity contribution in [2.24, 2.45) is 0 Å². The van der Waals surface area contributed by atoms with Gasteiger partial charge in [-0.2, -0.15) is 0 Å². The Morgan fingerprint density at radius 2 is 2.21 bits per heavy atom. The first kappa shape index (κ1) is 13.7. The molecule has 19 heavy (non-hydrogen) atoms. The molecule has 1 fully saturated rings. The number of hydrogen-bond acceptors (Lipinski definition) is 5. The van der Waals surface area contributed by atoms with Crippen molar-refractivity contribution in [3.63, 3.8) is 0 Å². The van der Waals surface area contributed by atoms with E-state index in [1.807, 2.05) is 0 Å². The van der Waals surface area contributed by atoms with E-state index in [-0.39, 0.29) is 11.5 Å². The van der Waals surface area contributed by atoms with Crippen LogP contribution in [0.15, 0.2) is 18.2 Å². The van der Waals surface area contributed by atoms with Crippen LogP contribution in [0.3, 0.4) is 0 Å². The summed E-state index contributed by atoms with van der Waals surface area (Å²) in [7, 11) is 1.37. The first-order chi connectivity index (χ1) is 8.97. The highest BCUT2D eigenvalue weighted by molar-refractivity contribution is 5.99. The van der Waals surface area contributed by atoms with Crippen molar-refractivity contribution >= 4 is 17.3 Å². The van der Waals surface area contributed by atoms with E-state index in [4.69, 9.17) is 15.2 Å². The van der Waals surface area contributed by atoms with Crippen LogP contribution in [0.4, 0.5) is 11.4 Å². The second-order valence-electron chi connectivity index (χ2n) is 5.25. The molecule has 5 heteroatoms. The van der Waals surface area contributed by atoms with Gasteiger partial charge in [-0.25, -0.2) is 4.79 Å². The molecule has 1 aliphatic heterocycles. The minimum absolute atomic E-state index is 0.212. The number of hydrogen-bond donors (Lipinski definition) is 1. The van der Waals surface area contributed by atoms with Crippen molar-refractivity contribution in [2.75, 3.05) is 37.5 Å². The van der Waals surface area contributed by atoms with Crippen molar-refractivity contribution in [3.8, 4) is 0 Å². The number of nitrogens with two attached hydrogens (primary N) is 1. The topological polar surface area (TPSA) is 64.8 Å². The number of nitrogens with zero attached hydrogens (tertiary/aromatic N) is 1. The third kappa shape index (κ3) is 2.51. The summed E-state index contributed by atoms with van der Waals surface area (Å²) < 4.78 is 10.3. The summed E-state index contributed by atoms with van der Waals surface area (Å²) in [4.78, 5) is 14.0. The first-order valence-electron chi connectivity index (χ1n) is 6.29. The van der Waals surface area contributed by atoms with E-state index in [0.717, 1.165) is 5.69 Å². The third-order valence-corrected chi connectivity index (χ3v) is 3.39. The number of anilines is 2. The van der Waals surface area contributed by atoms with Crippen LogP contribution < -0.4 is 10.6 Å². The summed E-state index contributed by atoms with van der Waals surface area (Å²) in [5.41, 5.74) is 7.68. The van der Waals surface area contributed by atoms with Crippen LogP contribution in [0.5, 0.6) is 0 Å². The van der Waals surface area contributed by atoms with Gasteiger partial charge in [-0.15, -0.1) is 0 Å². The van der Waals surface area contributed by atoms with Gasteiger partial charge in [0, 0.05) is 6.54 Å². The van der Waals surface area contributed by atoms with Crippen LogP contribution in [-0.4, -0.2) is 38.4 Å². The normalized spacial score (nSPS) is 18.2. The Morgan fingerprint density at radius 3 is 2.84 bits per heavy atom. The Hall–Kier alpha value is -1.75. The molecule has 0 atom stereocenters. The smallest absolute Gasteiger partial charge is 0.340 e. The van der Waals surface area contributed by atoms with Gasteiger partial charge >= 0.3 is 5.97 Å². The fraction of sp³-hybridized carbons (Fsp3) is 0.500. The van der Waals surface area contributed by atoms with Crippen molar-refractivity contribution in [1.29, 1.82) is 0 Å². The standard InChI is InChI=1S/C14H20N2O3/c1-14(2)9-19-8-7-16(14)12-10(13(17)18-3)5-4-6-11(12)15/h4-6H,7-9,15H2,1-3H3.